The van der Waals surface area contributed by atoms with Crippen molar-refractivity contribution in [3.63, 3.8) is 0 Å². The van der Waals surface area contributed by atoms with Crippen LogP contribution in [0, 0.1) is 5.92 Å². The van der Waals surface area contributed by atoms with E-state index in [1.165, 1.54) is 5.57 Å². The Morgan fingerprint density at radius 1 is 1.75 bits per heavy atom. The van der Waals surface area contributed by atoms with Gasteiger partial charge in [0.25, 0.3) is 0 Å². The summed E-state index contributed by atoms with van der Waals surface area (Å²) in [4.78, 5) is 0. The molecular weight excluding hydrogens is 100 g/mol. The van der Waals surface area contributed by atoms with Crippen LogP contribution < -0.4 is 0 Å². The molecule has 1 nitrogen and oxygen atoms in total. The highest BCUT2D eigenvalue weighted by molar-refractivity contribution is 5.01. The molecule has 0 aliphatic heterocycles. The Kier molecular flexibility index (Phi) is 1.69. The van der Waals surface area contributed by atoms with Crippen LogP contribution >= 0.6 is 0 Å². The van der Waals surface area contributed by atoms with E-state index in [0.717, 1.165) is 19.3 Å². The summed E-state index contributed by atoms with van der Waals surface area (Å²) in [5.74, 6) is 0.530. The Hall–Kier alpha value is -0.300. The van der Waals surface area contributed by atoms with Crippen molar-refractivity contribution in [2.75, 3.05) is 6.61 Å². The van der Waals surface area contributed by atoms with E-state index < -0.39 is 0 Å². The minimum Gasteiger partial charge on any atom is -0.396 e. The van der Waals surface area contributed by atoms with E-state index in [-0.39, 0.29) is 0 Å². The minimum atomic E-state index is 0.346. The van der Waals surface area contributed by atoms with Crippen molar-refractivity contribution in [2.24, 2.45) is 5.92 Å². The van der Waals surface area contributed by atoms with Gasteiger partial charge in [0.1, 0.15) is 0 Å². The van der Waals surface area contributed by atoms with Crippen LogP contribution in [0.2, 0.25) is 0 Å². The minimum absolute atomic E-state index is 0.346. The average molecular weight is 112 g/mol. The normalized spacial score (nSPS) is 29.1. The van der Waals surface area contributed by atoms with Gasteiger partial charge in [-0.05, 0) is 25.2 Å². The molecule has 1 aliphatic rings. The van der Waals surface area contributed by atoms with Crippen LogP contribution in [-0.4, -0.2) is 11.7 Å². The van der Waals surface area contributed by atoms with Crippen molar-refractivity contribution in [2.45, 2.75) is 19.3 Å². The molecule has 1 saturated carbocycles. The third kappa shape index (κ3) is 1.10. The SMILES string of the molecule is C=C1CCC(CO)C1. The third-order valence-corrected chi connectivity index (χ3v) is 1.74. The van der Waals surface area contributed by atoms with Gasteiger partial charge in [-0.1, -0.05) is 12.2 Å². The molecule has 0 amide bonds. The van der Waals surface area contributed by atoms with Gasteiger partial charge in [-0.3, -0.25) is 0 Å². The van der Waals surface area contributed by atoms with Gasteiger partial charge in [0.05, 0.1) is 0 Å². The lowest BCUT2D eigenvalue weighted by atomic mass is 10.1. The molecule has 0 spiro atoms. The fourth-order valence-corrected chi connectivity index (χ4v) is 1.18. The van der Waals surface area contributed by atoms with Crippen LogP contribution in [0.5, 0.6) is 0 Å². The summed E-state index contributed by atoms with van der Waals surface area (Å²) in [7, 11) is 0. The molecular formula is C7H12O. The standard InChI is InChI=1S/C7H12O/c1-6-2-3-7(4-6)5-8/h7-8H,1-5H2. The highest BCUT2D eigenvalue weighted by Gasteiger charge is 2.15. The van der Waals surface area contributed by atoms with Gasteiger partial charge >= 0.3 is 0 Å². The summed E-state index contributed by atoms with van der Waals surface area (Å²) in [6, 6.07) is 0. The highest BCUT2D eigenvalue weighted by atomic mass is 16.3. The molecule has 0 aromatic rings. The van der Waals surface area contributed by atoms with Gasteiger partial charge in [-0.15, -0.1) is 0 Å². The maximum absolute atomic E-state index is 8.64. The Balaban J connectivity index is 2.32. The molecule has 0 saturated heterocycles. The molecule has 0 radical (unpaired) electrons. The van der Waals surface area contributed by atoms with Gasteiger partial charge in [0, 0.05) is 6.61 Å². The number of aliphatic hydroxyl groups is 1. The second-order valence-electron chi connectivity index (χ2n) is 2.54. The van der Waals surface area contributed by atoms with E-state index in [4.69, 9.17) is 5.11 Å². The van der Waals surface area contributed by atoms with Crippen LogP contribution in [0.25, 0.3) is 0 Å². The van der Waals surface area contributed by atoms with Crippen molar-refractivity contribution < 1.29 is 5.11 Å². The first kappa shape index (κ1) is 5.83. The second-order valence-corrected chi connectivity index (χ2v) is 2.54. The monoisotopic (exact) mass is 112 g/mol. The maximum atomic E-state index is 8.64. The molecule has 0 aromatic carbocycles. The molecule has 1 atom stereocenters. The van der Waals surface area contributed by atoms with E-state index in [9.17, 15) is 0 Å². The highest BCUT2D eigenvalue weighted by Crippen LogP contribution is 2.27. The molecule has 1 N–H and O–H groups in total. The zero-order chi connectivity index (χ0) is 5.98. The molecule has 1 fully saturated rings. The topological polar surface area (TPSA) is 20.2 Å². The predicted octanol–water partition coefficient (Wildman–Crippen LogP) is 1.33. The summed E-state index contributed by atoms with van der Waals surface area (Å²) >= 11 is 0. The van der Waals surface area contributed by atoms with Crippen LogP contribution in [0.1, 0.15) is 19.3 Å². The van der Waals surface area contributed by atoms with Crippen molar-refractivity contribution in [3.8, 4) is 0 Å². The first-order valence-corrected chi connectivity index (χ1v) is 3.10. The van der Waals surface area contributed by atoms with Gasteiger partial charge in [0.2, 0.25) is 0 Å². The third-order valence-electron chi connectivity index (χ3n) is 1.74. The number of allylic oxidation sites excluding steroid dienone is 1. The van der Waals surface area contributed by atoms with E-state index in [0.29, 0.717) is 12.5 Å². The Bertz CT molecular complexity index is 96.6. The Morgan fingerprint density at radius 3 is 2.75 bits per heavy atom. The number of aliphatic hydroxyl groups excluding tert-OH is 1. The molecule has 1 unspecified atom stereocenters. The zero-order valence-corrected chi connectivity index (χ0v) is 5.06. The summed E-state index contributed by atoms with van der Waals surface area (Å²) in [6.07, 6.45) is 3.33. The van der Waals surface area contributed by atoms with Gasteiger partial charge < -0.3 is 5.11 Å². The van der Waals surface area contributed by atoms with Crippen LogP contribution in [-0.2, 0) is 0 Å². The number of hydrogen-bond acceptors (Lipinski definition) is 1. The number of rotatable bonds is 1. The fourth-order valence-electron chi connectivity index (χ4n) is 1.18. The molecule has 0 heterocycles. The van der Waals surface area contributed by atoms with Crippen molar-refractivity contribution in [3.05, 3.63) is 12.2 Å². The quantitative estimate of drug-likeness (QED) is 0.507. The molecule has 1 rings (SSSR count). The lowest BCUT2D eigenvalue weighted by Gasteiger charge is -1.99. The van der Waals surface area contributed by atoms with Crippen molar-refractivity contribution in [1.82, 2.24) is 0 Å². The molecule has 0 bridgehead atoms. The number of hydrogen-bond donors (Lipinski definition) is 1. The zero-order valence-electron chi connectivity index (χ0n) is 5.06. The van der Waals surface area contributed by atoms with Crippen molar-refractivity contribution >= 4 is 0 Å². The molecule has 8 heavy (non-hydrogen) atoms. The molecule has 46 valence electrons. The summed E-state index contributed by atoms with van der Waals surface area (Å²) in [5, 5.41) is 8.64. The molecule has 1 aliphatic carbocycles. The summed E-state index contributed by atoms with van der Waals surface area (Å²) < 4.78 is 0. The van der Waals surface area contributed by atoms with E-state index in [1.807, 2.05) is 0 Å². The van der Waals surface area contributed by atoms with Gasteiger partial charge in [-0.25, -0.2) is 0 Å². The smallest absolute Gasteiger partial charge is 0.0462 e. The van der Waals surface area contributed by atoms with Crippen molar-refractivity contribution in [1.29, 1.82) is 0 Å². The van der Waals surface area contributed by atoms with E-state index in [1.54, 1.807) is 0 Å². The summed E-state index contributed by atoms with van der Waals surface area (Å²) in [5.41, 5.74) is 1.31. The summed E-state index contributed by atoms with van der Waals surface area (Å²) in [6.45, 7) is 4.19. The van der Waals surface area contributed by atoms with E-state index in [2.05, 4.69) is 6.58 Å². The first-order chi connectivity index (χ1) is 3.83. The van der Waals surface area contributed by atoms with Crippen LogP contribution in [0.15, 0.2) is 12.2 Å². The Labute approximate surface area is 50.0 Å². The van der Waals surface area contributed by atoms with Crippen LogP contribution in [0.4, 0.5) is 0 Å². The fraction of sp³-hybridized carbons (Fsp3) is 0.714. The predicted molar refractivity (Wildman–Crippen MR) is 33.6 cm³/mol. The van der Waals surface area contributed by atoms with E-state index >= 15 is 0 Å². The van der Waals surface area contributed by atoms with Gasteiger partial charge in [0.15, 0.2) is 0 Å². The molecule has 0 aromatic heterocycles. The maximum Gasteiger partial charge on any atom is 0.0462 e. The Morgan fingerprint density at radius 2 is 2.50 bits per heavy atom. The van der Waals surface area contributed by atoms with Crippen LogP contribution in [0.3, 0.4) is 0 Å². The lowest BCUT2D eigenvalue weighted by molar-refractivity contribution is 0.231. The largest absolute Gasteiger partial charge is 0.396 e. The lowest BCUT2D eigenvalue weighted by Crippen LogP contribution is -1.97. The molecule has 1 heteroatoms. The second kappa shape index (κ2) is 2.31. The van der Waals surface area contributed by atoms with Gasteiger partial charge in [-0.2, -0.15) is 0 Å². The first-order valence-electron chi connectivity index (χ1n) is 3.10. The average Bonchev–Trinajstić information content (AvgIpc) is 2.14.